The van der Waals surface area contributed by atoms with Gasteiger partial charge < -0.3 is 4.74 Å². The van der Waals surface area contributed by atoms with E-state index in [2.05, 4.69) is 45.5 Å². The van der Waals surface area contributed by atoms with Gasteiger partial charge in [0.1, 0.15) is 0 Å². The molecule has 2 heterocycles. The van der Waals surface area contributed by atoms with E-state index in [1.165, 1.54) is 5.56 Å². The van der Waals surface area contributed by atoms with E-state index in [1.54, 1.807) is 18.4 Å². The van der Waals surface area contributed by atoms with Crippen molar-refractivity contribution in [3.05, 3.63) is 40.3 Å². The number of rotatable bonds is 7. The highest BCUT2D eigenvalue weighted by Gasteiger charge is 2.14. The summed E-state index contributed by atoms with van der Waals surface area (Å²) >= 11 is 1.74. The first kappa shape index (κ1) is 14.9. The van der Waals surface area contributed by atoms with Crippen LogP contribution in [0.4, 0.5) is 0 Å². The molecule has 0 amide bonds. The lowest BCUT2D eigenvalue weighted by atomic mass is 10.1. The molecule has 2 aromatic rings. The van der Waals surface area contributed by atoms with Crippen LogP contribution in [-0.2, 0) is 13.1 Å². The fraction of sp³-hybridized carbons (Fsp3) is 0.467. The van der Waals surface area contributed by atoms with Crippen LogP contribution < -0.4 is 4.74 Å². The van der Waals surface area contributed by atoms with Crippen molar-refractivity contribution in [1.82, 2.24) is 14.9 Å². The summed E-state index contributed by atoms with van der Waals surface area (Å²) in [7, 11) is 1.58. The van der Waals surface area contributed by atoms with E-state index >= 15 is 0 Å². The standard InChI is InChI=1S/C15H21N3OS/c1-4-12(2)18(9-13-5-6-20-11-13)10-14-7-16-15(19-3)17-8-14/h5-8,11-12H,4,9-10H2,1-3H3/t12-/m0/s1. The Hall–Kier alpha value is -1.46. The van der Waals surface area contributed by atoms with Crippen LogP contribution in [0, 0.1) is 0 Å². The van der Waals surface area contributed by atoms with Gasteiger partial charge in [0, 0.05) is 37.1 Å². The maximum Gasteiger partial charge on any atom is 0.316 e. The van der Waals surface area contributed by atoms with Crippen LogP contribution in [-0.4, -0.2) is 28.0 Å². The van der Waals surface area contributed by atoms with Gasteiger partial charge in [0.05, 0.1) is 7.11 Å². The molecule has 0 aliphatic rings. The minimum absolute atomic E-state index is 0.418. The van der Waals surface area contributed by atoms with Crippen LogP contribution in [0.15, 0.2) is 29.2 Å². The summed E-state index contributed by atoms with van der Waals surface area (Å²) in [5.74, 6) is 0. The molecule has 108 valence electrons. The number of aromatic nitrogens is 2. The van der Waals surface area contributed by atoms with E-state index in [9.17, 15) is 0 Å². The van der Waals surface area contributed by atoms with Crippen LogP contribution in [0.3, 0.4) is 0 Å². The quantitative estimate of drug-likeness (QED) is 0.784. The fourth-order valence-corrected chi connectivity index (χ4v) is 2.67. The van der Waals surface area contributed by atoms with Crippen molar-refractivity contribution in [2.24, 2.45) is 0 Å². The van der Waals surface area contributed by atoms with Crippen molar-refractivity contribution >= 4 is 11.3 Å². The zero-order chi connectivity index (χ0) is 14.4. The second kappa shape index (κ2) is 7.36. The highest BCUT2D eigenvalue weighted by molar-refractivity contribution is 7.07. The van der Waals surface area contributed by atoms with E-state index in [0.29, 0.717) is 12.1 Å². The van der Waals surface area contributed by atoms with Gasteiger partial charge in [-0.1, -0.05) is 6.92 Å². The van der Waals surface area contributed by atoms with Crippen molar-refractivity contribution in [3.63, 3.8) is 0 Å². The Bertz CT molecular complexity index is 498. The van der Waals surface area contributed by atoms with E-state index in [-0.39, 0.29) is 0 Å². The molecule has 0 aromatic carbocycles. The maximum atomic E-state index is 4.99. The van der Waals surface area contributed by atoms with Crippen molar-refractivity contribution < 1.29 is 4.74 Å². The molecule has 2 aromatic heterocycles. The van der Waals surface area contributed by atoms with Gasteiger partial charge in [-0.2, -0.15) is 11.3 Å². The molecule has 0 saturated carbocycles. The molecule has 0 spiro atoms. The van der Waals surface area contributed by atoms with Gasteiger partial charge in [-0.05, 0) is 35.7 Å². The fourth-order valence-electron chi connectivity index (χ4n) is 2.01. The minimum Gasteiger partial charge on any atom is -0.467 e. The topological polar surface area (TPSA) is 38.2 Å². The number of hydrogen-bond acceptors (Lipinski definition) is 5. The van der Waals surface area contributed by atoms with Crippen LogP contribution in [0.5, 0.6) is 6.01 Å². The van der Waals surface area contributed by atoms with Crippen LogP contribution in [0.2, 0.25) is 0 Å². The third-order valence-electron chi connectivity index (χ3n) is 3.43. The molecule has 0 aliphatic heterocycles. The molecule has 0 unspecified atom stereocenters. The molecule has 4 nitrogen and oxygen atoms in total. The number of hydrogen-bond donors (Lipinski definition) is 0. The molecule has 5 heteroatoms. The molecule has 0 radical (unpaired) electrons. The summed E-state index contributed by atoms with van der Waals surface area (Å²) in [4.78, 5) is 10.8. The average molecular weight is 291 g/mol. The van der Waals surface area contributed by atoms with Crippen molar-refractivity contribution in [2.45, 2.75) is 39.4 Å². The summed E-state index contributed by atoms with van der Waals surface area (Å²) in [6.07, 6.45) is 4.81. The lowest BCUT2D eigenvalue weighted by Gasteiger charge is -2.28. The number of ether oxygens (including phenoxy) is 1. The summed E-state index contributed by atoms with van der Waals surface area (Å²) < 4.78 is 4.99. The first-order valence-corrected chi connectivity index (χ1v) is 7.77. The second-order valence-corrected chi connectivity index (χ2v) is 5.65. The van der Waals surface area contributed by atoms with Gasteiger partial charge in [0.15, 0.2) is 0 Å². The predicted octanol–water partition coefficient (Wildman–Crippen LogP) is 3.35. The zero-order valence-corrected chi connectivity index (χ0v) is 13.1. The van der Waals surface area contributed by atoms with E-state index < -0.39 is 0 Å². The Morgan fingerprint density at radius 1 is 1.25 bits per heavy atom. The van der Waals surface area contributed by atoms with Gasteiger partial charge >= 0.3 is 6.01 Å². The molecule has 2 rings (SSSR count). The highest BCUT2D eigenvalue weighted by atomic mass is 32.1. The molecule has 0 bridgehead atoms. The van der Waals surface area contributed by atoms with Crippen molar-refractivity contribution in [2.75, 3.05) is 7.11 Å². The summed E-state index contributed by atoms with van der Waals surface area (Å²) in [5, 5.41) is 4.33. The molecular formula is C15H21N3OS. The lowest BCUT2D eigenvalue weighted by molar-refractivity contribution is 0.185. The van der Waals surface area contributed by atoms with Gasteiger partial charge in [0.2, 0.25) is 0 Å². The lowest BCUT2D eigenvalue weighted by Crippen LogP contribution is -2.31. The van der Waals surface area contributed by atoms with Gasteiger partial charge in [-0.15, -0.1) is 0 Å². The molecule has 0 saturated heterocycles. The molecule has 0 aliphatic carbocycles. The molecule has 0 fully saturated rings. The Morgan fingerprint density at radius 2 is 1.95 bits per heavy atom. The maximum absolute atomic E-state index is 4.99. The summed E-state index contributed by atoms with van der Waals surface area (Å²) in [6.45, 7) is 6.30. The second-order valence-electron chi connectivity index (χ2n) is 4.87. The molecule has 0 N–H and O–H groups in total. The van der Waals surface area contributed by atoms with Crippen LogP contribution in [0.1, 0.15) is 31.4 Å². The van der Waals surface area contributed by atoms with Crippen molar-refractivity contribution in [1.29, 1.82) is 0 Å². The van der Waals surface area contributed by atoms with Crippen LogP contribution >= 0.6 is 11.3 Å². The minimum atomic E-state index is 0.418. The first-order valence-electron chi connectivity index (χ1n) is 6.83. The number of methoxy groups -OCH3 is 1. The van der Waals surface area contributed by atoms with Gasteiger partial charge in [-0.25, -0.2) is 9.97 Å². The monoisotopic (exact) mass is 291 g/mol. The van der Waals surface area contributed by atoms with Crippen LogP contribution in [0.25, 0.3) is 0 Å². The smallest absolute Gasteiger partial charge is 0.316 e. The molecule has 20 heavy (non-hydrogen) atoms. The third-order valence-corrected chi connectivity index (χ3v) is 4.16. The van der Waals surface area contributed by atoms with Crippen molar-refractivity contribution in [3.8, 4) is 6.01 Å². The van der Waals surface area contributed by atoms with Gasteiger partial charge in [-0.3, -0.25) is 4.90 Å². The zero-order valence-electron chi connectivity index (χ0n) is 12.2. The Labute approximate surface area is 124 Å². The number of thiophene rings is 1. The third kappa shape index (κ3) is 4.02. The normalized spacial score (nSPS) is 12.6. The molecule has 1 atom stereocenters. The SMILES string of the molecule is CC[C@H](C)N(Cc1cnc(OC)nc1)Cc1ccsc1. The first-order chi connectivity index (χ1) is 9.72. The summed E-state index contributed by atoms with van der Waals surface area (Å²) in [6, 6.07) is 3.13. The Kier molecular flexibility index (Phi) is 5.49. The molecular weight excluding hydrogens is 270 g/mol. The highest BCUT2D eigenvalue weighted by Crippen LogP contribution is 2.16. The van der Waals surface area contributed by atoms with E-state index in [4.69, 9.17) is 4.74 Å². The van der Waals surface area contributed by atoms with E-state index in [1.807, 2.05) is 12.4 Å². The Balaban J connectivity index is 2.06. The Morgan fingerprint density at radius 3 is 2.50 bits per heavy atom. The van der Waals surface area contributed by atoms with Gasteiger partial charge in [0.25, 0.3) is 0 Å². The summed E-state index contributed by atoms with van der Waals surface area (Å²) in [5.41, 5.74) is 2.48. The number of nitrogens with zero attached hydrogens (tertiary/aromatic N) is 3. The largest absolute Gasteiger partial charge is 0.467 e. The average Bonchev–Trinajstić information content (AvgIpc) is 2.99. The van der Waals surface area contributed by atoms with E-state index in [0.717, 1.165) is 25.1 Å². The predicted molar refractivity (Wildman–Crippen MR) is 81.9 cm³/mol.